The van der Waals surface area contributed by atoms with Gasteiger partial charge in [0.25, 0.3) is 0 Å². The van der Waals surface area contributed by atoms with Crippen LogP contribution in [0.3, 0.4) is 0 Å². The zero-order valence-corrected chi connectivity index (χ0v) is 16.8. The smallest absolute Gasteiger partial charge is 0.196 e. The van der Waals surface area contributed by atoms with E-state index in [0.717, 1.165) is 53.0 Å². The molecule has 0 radical (unpaired) electrons. The maximum absolute atomic E-state index is 12.5. The predicted molar refractivity (Wildman–Crippen MR) is 109 cm³/mol. The van der Waals surface area contributed by atoms with Gasteiger partial charge in [-0.1, -0.05) is 42.8 Å². The number of rotatable bonds is 5. The molecule has 1 atom stereocenters. The van der Waals surface area contributed by atoms with Crippen LogP contribution in [0.15, 0.2) is 46.9 Å². The molecule has 2 aromatic heterocycles. The van der Waals surface area contributed by atoms with Gasteiger partial charge in [0.2, 0.25) is 0 Å². The van der Waals surface area contributed by atoms with Crippen LogP contribution in [0.25, 0.3) is 16.4 Å². The number of hydrogen-bond donors (Lipinski definition) is 0. The Morgan fingerprint density at radius 3 is 2.85 bits per heavy atom. The van der Waals surface area contributed by atoms with E-state index in [2.05, 4.69) is 10.2 Å². The summed E-state index contributed by atoms with van der Waals surface area (Å²) in [5, 5.41) is 11.6. The van der Waals surface area contributed by atoms with Crippen molar-refractivity contribution in [3.05, 3.63) is 41.8 Å². The molecule has 5 nitrogen and oxygen atoms in total. The van der Waals surface area contributed by atoms with Gasteiger partial charge in [0.15, 0.2) is 11.0 Å². The third-order valence-electron chi connectivity index (χ3n) is 4.70. The minimum absolute atomic E-state index is 0.0543. The summed E-state index contributed by atoms with van der Waals surface area (Å²) >= 11 is 3.15. The normalized spacial score (nSPS) is 17.7. The van der Waals surface area contributed by atoms with E-state index in [9.17, 15) is 4.79 Å². The van der Waals surface area contributed by atoms with Crippen molar-refractivity contribution in [3.8, 4) is 22.1 Å². The first-order chi connectivity index (χ1) is 13.3. The van der Waals surface area contributed by atoms with Crippen LogP contribution in [-0.2, 0) is 4.79 Å². The molecule has 140 valence electrons. The van der Waals surface area contributed by atoms with Gasteiger partial charge < -0.3 is 4.74 Å². The largest absolute Gasteiger partial charge is 0.495 e. The summed E-state index contributed by atoms with van der Waals surface area (Å²) in [5.74, 6) is 1.85. The van der Waals surface area contributed by atoms with E-state index in [1.165, 1.54) is 11.8 Å². The molecule has 1 saturated carbocycles. The highest BCUT2D eigenvalue weighted by Crippen LogP contribution is 2.37. The van der Waals surface area contributed by atoms with Gasteiger partial charge in [-0.25, -0.2) is 0 Å². The van der Waals surface area contributed by atoms with E-state index in [4.69, 9.17) is 4.74 Å². The first-order valence-corrected chi connectivity index (χ1v) is 10.9. The zero-order valence-electron chi connectivity index (χ0n) is 15.1. The highest BCUT2D eigenvalue weighted by Gasteiger charge is 2.27. The van der Waals surface area contributed by atoms with E-state index in [-0.39, 0.29) is 5.25 Å². The quantitative estimate of drug-likeness (QED) is 0.565. The van der Waals surface area contributed by atoms with Crippen molar-refractivity contribution in [3.63, 3.8) is 0 Å². The molecule has 7 heteroatoms. The molecule has 0 amide bonds. The summed E-state index contributed by atoms with van der Waals surface area (Å²) < 4.78 is 7.60. The van der Waals surface area contributed by atoms with Crippen LogP contribution in [0.2, 0.25) is 0 Å². The molecule has 3 aromatic rings. The van der Waals surface area contributed by atoms with Crippen molar-refractivity contribution in [1.82, 2.24) is 14.8 Å². The van der Waals surface area contributed by atoms with E-state index < -0.39 is 0 Å². The van der Waals surface area contributed by atoms with Crippen LogP contribution < -0.4 is 4.74 Å². The maximum atomic E-state index is 12.5. The molecule has 1 aliphatic carbocycles. The Morgan fingerprint density at radius 2 is 2.04 bits per heavy atom. The van der Waals surface area contributed by atoms with Crippen LogP contribution in [0.1, 0.15) is 32.1 Å². The van der Waals surface area contributed by atoms with Crippen LogP contribution in [-0.4, -0.2) is 32.9 Å². The molecule has 0 bridgehead atoms. The number of para-hydroxylation sites is 2. The lowest BCUT2D eigenvalue weighted by Crippen LogP contribution is -2.16. The highest BCUT2D eigenvalue weighted by molar-refractivity contribution is 8.00. The van der Waals surface area contributed by atoms with Crippen LogP contribution in [0.5, 0.6) is 5.75 Å². The third-order valence-corrected chi connectivity index (χ3v) is 6.82. The number of nitrogens with zero attached hydrogens (tertiary/aromatic N) is 3. The number of Topliss-reactive ketones (excluding diaryl/α,β-unsaturated/α-hetero) is 1. The first-order valence-electron chi connectivity index (χ1n) is 9.10. The number of ketones is 1. The molecule has 1 aromatic carbocycles. The second-order valence-corrected chi connectivity index (χ2v) is 8.58. The van der Waals surface area contributed by atoms with E-state index >= 15 is 0 Å². The second-order valence-electron chi connectivity index (χ2n) is 6.46. The van der Waals surface area contributed by atoms with Crippen LogP contribution in [0, 0.1) is 0 Å². The lowest BCUT2D eigenvalue weighted by Gasteiger charge is -2.16. The fourth-order valence-electron chi connectivity index (χ4n) is 3.32. The van der Waals surface area contributed by atoms with Crippen molar-refractivity contribution in [1.29, 1.82) is 0 Å². The molecule has 4 rings (SSSR count). The Labute approximate surface area is 166 Å². The monoisotopic (exact) mass is 399 g/mol. The van der Waals surface area contributed by atoms with Gasteiger partial charge in [-0.2, -0.15) is 0 Å². The molecule has 2 heterocycles. The van der Waals surface area contributed by atoms with Gasteiger partial charge in [-0.3, -0.25) is 9.36 Å². The van der Waals surface area contributed by atoms with Crippen molar-refractivity contribution < 1.29 is 9.53 Å². The maximum Gasteiger partial charge on any atom is 0.196 e. The molecule has 0 N–H and O–H groups in total. The van der Waals surface area contributed by atoms with Gasteiger partial charge in [-0.15, -0.1) is 21.5 Å². The number of thiophene rings is 1. The second kappa shape index (κ2) is 8.27. The Hall–Kier alpha value is -2.12. The topological polar surface area (TPSA) is 57.0 Å². The predicted octanol–water partition coefficient (Wildman–Crippen LogP) is 5.00. The Bertz CT molecular complexity index is 921. The molecular weight excluding hydrogens is 378 g/mol. The Balaban J connectivity index is 1.79. The molecule has 0 aliphatic heterocycles. The minimum Gasteiger partial charge on any atom is -0.495 e. The van der Waals surface area contributed by atoms with E-state index in [1.54, 1.807) is 18.4 Å². The number of carbonyl (C=O) groups excluding carboxylic acids is 1. The number of carbonyl (C=O) groups is 1. The summed E-state index contributed by atoms with van der Waals surface area (Å²) in [4.78, 5) is 13.6. The van der Waals surface area contributed by atoms with Gasteiger partial charge in [0.05, 0.1) is 22.9 Å². The number of benzene rings is 1. The van der Waals surface area contributed by atoms with Crippen molar-refractivity contribution in [2.75, 3.05) is 7.11 Å². The highest BCUT2D eigenvalue weighted by atomic mass is 32.2. The van der Waals surface area contributed by atoms with Gasteiger partial charge in [0, 0.05) is 6.42 Å². The SMILES string of the molecule is COc1ccccc1-n1c(S[C@@H]2CCCCCC2=O)nnc1-c1cccs1. The molecule has 0 spiro atoms. The number of thioether (sulfide) groups is 1. The fourth-order valence-corrected chi connectivity index (χ4v) is 5.19. The molecule has 1 fully saturated rings. The lowest BCUT2D eigenvalue weighted by atomic mass is 10.2. The van der Waals surface area contributed by atoms with Crippen LogP contribution >= 0.6 is 23.1 Å². The average molecular weight is 400 g/mol. The van der Waals surface area contributed by atoms with Crippen molar-refractivity contribution in [2.45, 2.75) is 42.5 Å². The van der Waals surface area contributed by atoms with Gasteiger partial charge >= 0.3 is 0 Å². The van der Waals surface area contributed by atoms with Crippen LogP contribution in [0.4, 0.5) is 0 Å². The summed E-state index contributed by atoms with van der Waals surface area (Å²) in [7, 11) is 1.66. The van der Waals surface area contributed by atoms with Crippen molar-refractivity contribution >= 4 is 28.9 Å². The molecule has 0 unspecified atom stereocenters. The van der Waals surface area contributed by atoms with Gasteiger partial charge in [0.1, 0.15) is 11.5 Å². The minimum atomic E-state index is -0.0543. The zero-order chi connectivity index (χ0) is 18.6. The first kappa shape index (κ1) is 18.3. The Kier molecular flexibility index (Phi) is 5.59. The number of methoxy groups -OCH3 is 1. The summed E-state index contributed by atoms with van der Waals surface area (Å²) in [5.41, 5.74) is 0.886. The lowest BCUT2D eigenvalue weighted by molar-refractivity contribution is -0.118. The third kappa shape index (κ3) is 3.80. The summed E-state index contributed by atoms with van der Waals surface area (Å²) in [6, 6.07) is 11.9. The summed E-state index contributed by atoms with van der Waals surface area (Å²) in [6.45, 7) is 0. The fraction of sp³-hybridized carbons (Fsp3) is 0.350. The van der Waals surface area contributed by atoms with E-state index in [1.807, 2.05) is 46.3 Å². The molecular formula is C20H21N3O2S2. The number of aromatic nitrogens is 3. The standard InChI is InChI=1S/C20H21N3O2S2/c1-25-16-10-6-5-8-14(16)23-19(18-12-7-13-26-18)21-22-20(23)27-17-11-4-2-3-9-15(17)24/h5-8,10,12-13,17H,2-4,9,11H2,1H3/t17-/m1/s1. The summed E-state index contributed by atoms with van der Waals surface area (Å²) in [6.07, 6.45) is 4.77. The van der Waals surface area contributed by atoms with E-state index in [0.29, 0.717) is 12.2 Å². The number of ether oxygens (including phenoxy) is 1. The number of hydrogen-bond acceptors (Lipinski definition) is 6. The Morgan fingerprint density at radius 1 is 1.15 bits per heavy atom. The molecule has 27 heavy (non-hydrogen) atoms. The molecule has 0 saturated heterocycles. The average Bonchev–Trinajstić information content (AvgIpc) is 3.31. The van der Waals surface area contributed by atoms with Gasteiger partial charge in [-0.05, 0) is 36.4 Å². The van der Waals surface area contributed by atoms with Crippen molar-refractivity contribution in [2.24, 2.45) is 0 Å². The molecule has 1 aliphatic rings.